The number of carbonyl (C=O) groups excluding carboxylic acids is 1. The Morgan fingerprint density at radius 3 is 2.83 bits per heavy atom. The van der Waals surface area contributed by atoms with Crippen molar-refractivity contribution in [3.05, 3.63) is 54.6 Å². The van der Waals surface area contributed by atoms with Gasteiger partial charge in [-0.2, -0.15) is 10.2 Å². The molecule has 0 bridgehead atoms. The van der Waals surface area contributed by atoms with Crippen LogP contribution in [0.2, 0.25) is 0 Å². The van der Waals surface area contributed by atoms with E-state index < -0.39 is 5.60 Å². The summed E-state index contributed by atoms with van der Waals surface area (Å²) in [4.78, 5) is 20.0. The van der Waals surface area contributed by atoms with Crippen molar-refractivity contribution >= 4 is 28.2 Å². The first-order chi connectivity index (χ1) is 16.9. The average Bonchev–Trinajstić information content (AvgIpc) is 3.52. The summed E-state index contributed by atoms with van der Waals surface area (Å²) in [5.74, 6) is -0.293. The Bertz CT molecular complexity index is 1320. The minimum atomic E-state index is -0.770. The minimum absolute atomic E-state index is 0.293. The highest BCUT2D eigenvalue weighted by molar-refractivity contribution is 6.06. The van der Waals surface area contributed by atoms with Crippen LogP contribution in [-0.4, -0.2) is 67.9 Å². The molecule has 0 spiro atoms. The highest BCUT2D eigenvalue weighted by Gasteiger charge is 2.20. The zero-order valence-electron chi connectivity index (χ0n) is 19.9. The summed E-state index contributed by atoms with van der Waals surface area (Å²) in [6, 6.07) is 9.30. The molecule has 3 aromatic heterocycles. The molecule has 4 aromatic rings. The second kappa shape index (κ2) is 9.47. The van der Waals surface area contributed by atoms with Gasteiger partial charge in [-0.1, -0.05) is 6.07 Å². The molecule has 1 saturated heterocycles. The Hall–Kier alpha value is -3.76. The van der Waals surface area contributed by atoms with Crippen molar-refractivity contribution in [3.63, 3.8) is 0 Å². The fraction of sp³-hybridized carbons (Fsp3) is 0.360. The van der Waals surface area contributed by atoms with Crippen molar-refractivity contribution in [2.45, 2.75) is 32.4 Å². The van der Waals surface area contributed by atoms with Gasteiger partial charge in [-0.25, -0.2) is 4.98 Å². The van der Waals surface area contributed by atoms with E-state index >= 15 is 0 Å². The molecule has 1 fully saturated rings. The van der Waals surface area contributed by atoms with Gasteiger partial charge in [0.05, 0.1) is 47.6 Å². The Kier molecular flexibility index (Phi) is 6.23. The largest absolute Gasteiger partial charge is 0.390 e. The van der Waals surface area contributed by atoms with Gasteiger partial charge in [0, 0.05) is 43.0 Å². The maximum absolute atomic E-state index is 13.2. The summed E-state index contributed by atoms with van der Waals surface area (Å²) in [6.07, 6.45) is 5.94. The predicted octanol–water partition coefficient (Wildman–Crippen LogP) is 3.07. The van der Waals surface area contributed by atoms with Gasteiger partial charge >= 0.3 is 0 Å². The molecule has 0 aliphatic carbocycles. The highest BCUT2D eigenvalue weighted by atomic mass is 16.5. The number of aliphatic hydroxyl groups is 1. The molecular formula is C25H29N7O3. The number of carbonyl (C=O) groups is 1. The Morgan fingerprint density at radius 1 is 1.26 bits per heavy atom. The van der Waals surface area contributed by atoms with Crippen molar-refractivity contribution in [3.8, 4) is 11.3 Å². The van der Waals surface area contributed by atoms with Crippen LogP contribution in [-0.2, 0) is 11.3 Å². The van der Waals surface area contributed by atoms with Crippen LogP contribution in [0.5, 0.6) is 0 Å². The molecule has 5 rings (SSSR count). The molecule has 182 valence electrons. The quantitative estimate of drug-likeness (QED) is 0.376. The fourth-order valence-corrected chi connectivity index (χ4v) is 4.08. The van der Waals surface area contributed by atoms with Crippen LogP contribution in [0, 0.1) is 0 Å². The molecule has 0 saturated carbocycles. The van der Waals surface area contributed by atoms with E-state index in [4.69, 9.17) is 9.84 Å². The van der Waals surface area contributed by atoms with E-state index in [2.05, 4.69) is 25.4 Å². The van der Waals surface area contributed by atoms with Crippen molar-refractivity contribution in [2.75, 3.05) is 36.5 Å². The molecule has 1 aliphatic rings. The van der Waals surface area contributed by atoms with Crippen LogP contribution in [0.1, 0.15) is 30.8 Å². The monoisotopic (exact) mass is 475 g/mol. The van der Waals surface area contributed by atoms with Crippen LogP contribution < -0.4 is 10.2 Å². The lowest BCUT2D eigenvalue weighted by Gasteiger charge is -2.30. The number of morpholine rings is 1. The number of H-pyrrole nitrogens is 1. The van der Waals surface area contributed by atoms with Gasteiger partial charge in [0.2, 0.25) is 0 Å². The van der Waals surface area contributed by atoms with E-state index in [0.717, 1.165) is 35.2 Å². The van der Waals surface area contributed by atoms with Crippen LogP contribution in [0.15, 0.2) is 48.9 Å². The van der Waals surface area contributed by atoms with Gasteiger partial charge < -0.3 is 20.1 Å². The molecule has 1 aromatic carbocycles. The number of fused-ring (bicyclic) bond motifs is 1. The first-order valence-electron chi connectivity index (χ1n) is 11.7. The molecule has 3 N–H and O–H groups in total. The maximum Gasteiger partial charge on any atom is 0.274 e. The number of nitrogens with zero attached hydrogens (tertiary/aromatic N) is 5. The smallest absolute Gasteiger partial charge is 0.274 e. The van der Waals surface area contributed by atoms with E-state index in [0.29, 0.717) is 43.3 Å². The number of aromatic nitrogens is 5. The summed E-state index contributed by atoms with van der Waals surface area (Å²) < 4.78 is 7.37. The third-order valence-electron chi connectivity index (χ3n) is 6.00. The second-order valence-corrected chi connectivity index (χ2v) is 9.33. The van der Waals surface area contributed by atoms with E-state index in [9.17, 15) is 9.90 Å². The standard InChI is InChI=1S/C25H29N7O3/c1-25(2,34)6-7-32-16-17-12-22(23(13-21(17)30-32)31-8-10-35-11-9-31)29-24(33)20-5-3-4-19(28-20)18-14-26-27-15-18/h3-5,12-16,34H,6-11H2,1-2H3,(H,26,27)(H,29,33). The van der Waals surface area contributed by atoms with Crippen LogP contribution in [0.3, 0.4) is 0 Å². The number of nitrogens with one attached hydrogen (secondary N) is 2. The van der Waals surface area contributed by atoms with Gasteiger partial charge in [-0.3, -0.25) is 14.6 Å². The summed E-state index contributed by atoms with van der Waals surface area (Å²) in [5, 5.41) is 25.5. The van der Waals surface area contributed by atoms with Gasteiger partial charge in [-0.05, 0) is 44.5 Å². The van der Waals surface area contributed by atoms with E-state index in [-0.39, 0.29) is 5.91 Å². The van der Waals surface area contributed by atoms with Crippen LogP contribution in [0.4, 0.5) is 11.4 Å². The van der Waals surface area contributed by atoms with Crippen molar-refractivity contribution < 1.29 is 14.6 Å². The number of pyridine rings is 1. The molecule has 10 heteroatoms. The lowest BCUT2D eigenvalue weighted by molar-refractivity contribution is 0.0651. The van der Waals surface area contributed by atoms with Crippen LogP contribution in [0.25, 0.3) is 22.2 Å². The van der Waals surface area contributed by atoms with E-state index in [1.165, 1.54) is 0 Å². The van der Waals surface area contributed by atoms with Gasteiger partial charge in [0.1, 0.15) is 5.69 Å². The molecule has 1 amide bonds. The molecular weight excluding hydrogens is 446 g/mol. The number of aryl methyl sites for hydroxylation is 1. The summed E-state index contributed by atoms with van der Waals surface area (Å²) in [7, 11) is 0. The van der Waals surface area contributed by atoms with Crippen molar-refractivity contribution in [1.82, 2.24) is 25.0 Å². The lowest BCUT2D eigenvalue weighted by atomic mass is 10.1. The molecule has 35 heavy (non-hydrogen) atoms. The number of ether oxygens (including phenoxy) is 1. The Labute approximate surface area is 202 Å². The number of anilines is 2. The fourth-order valence-electron chi connectivity index (χ4n) is 4.08. The number of aromatic amines is 1. The van der Waals surface area contributed by atoms with Crippen molar-refractivity contribution in [1.29, 1.82) is 0 Å². The third-order valence-corrected chi connectivity index (χ3v) is 6.00. The zero-order valence-corrected chi connectivity index (χ0v) is 19.9. The summed E-state index contributed by atoms with van der Waals surface area (Å²) in [5.41, 5.74) is 3.46. The molecule has 10 nitrogen and oxygen atoms in total. The topological polar surface area (TPSA) is 121 Å². The predicted molar refractivity (Wildman–Crippen MR) is 133 cm³/mol. The number of benzene rings is 1. The van der Waals surface area contributed by atoms with Gasteiger partial charge in [0.15, 0.2) is 0 Å². The average molecular weight is 476 g/mol. The third kappa shape index (κ3) is 5.33. The Morgan fingerprint density at radius 2 is 2.09 bits per heavy atom. The number of rotatable bonds is 7. The zero-order chi connectivity index (χ0) is 24.4. The molecule has 4 heterocycles. The SMILES string of the molecule is CC(C)(O)CCn1cc2cc(NC(=O)c3cccc(-c4cn[nH]c4)n3)c(N3CCOCC3)cc2n1. The van der Waals surface area contributed by atoms with Gasteiger partial charge in [-0.15, -0.1) is 0 Å². The first-order valence-corrected chi connectivity index (χ1v) is 11.7. The van der Waals surface area contributed by atoms with Crippen LogP contribution >= 0.6 is 0 Å². The normalized spacial score (nSPS) is 14.4. The van der Waals surface area contributed by atoms with E-state index in [1.54, 1.807) is 32.3 Å². The number of hydrogen-bond donors (Lipinski definition) is 3. The maximum atomic E-state index is 13.2. The molecule has 0 radical (unpaired) electrons. The summed E-state index contributed by atoms with van der Waals surface area (Å²) in [6.45, 7) is 6.87. The Balaban J connectivity index is 1.46. The highest BCUT2D eigenvalue weighted by Crippen LogP contribution is 2.32. The second-order valence-electron chi connectivity index (χ2n) is 9.33. The number of amides is 1. The first kappa shape index (κ1) is 23.0. The summed E-state index contributed by atoms with van der Waals surface area (Å²) >= 11 is 0. The van der Waals surface area contributed by atoms with Crippen molar-refractivity contribution in [2.24, 2.45) is 0 Å². The lowest BCUT2D eigenvalue weighted by Crippen LogP contribution is -2.36. The molecule has 0 unspecified atom stereocenters. The molecule has 1 aliphatic heterocycles. The van der Waals surface area contributed by atoms with E-state index in [1.807, 2.05) is 35.1 Å². The molecule has 0 atom stereocenters. The minimum Gasteiger partial charge on any atom is -0.390 e. The number of hydrogen-bond acceptors (Lipinski definition) is 7. The van der Waals surface area contributed by atoms with Gasteiger partial charge in [0.25, 0.3) is 5.91 Å².